The Morgan fingerprint density at radius 2 is 0.510 bits per heavy atom. The van der Waals surface area contributed by atoms with Crippen LogP contribution in [0.5, 0.6) is 0 Å². The smallest absolute Gasteiger partial charge is 0.462 e. The second-order valence-electron chi connectivity index (χ2n) is 26.3. The highest BCUT2D eigenvalue weighted by Gasteiger charge is 2.30. The van der Waals surface area contributed by atoms with Gasteiger partial charge in [0.15, 0.2) is 12.2 Å². The second kappa shape index (κ2) is 74.7. The number of ether oxygens (including phenoxy) is 4. The standard InChI is InChI=1S/C83H142O17P2/c1-5-9-13-17-21-25-29-33-37-38-42-44-48-52-56-60-64-68-81(86)94-74-79(100-83(88)70-66-62-58-54-50-46-41-36-32-28-24-20-16-12-8-4)76-98-102(91,92)96-72-77(84)71-95-101(89,90)97-75-78(99-82(87)69-65-61-57-53-49-45-40-35-31-27-23-19-15-11-7-3)73-93-80(85)67-63-59-55-51-47-43-39-34-30-26-22-18-14-10-6-2/h9,13,21-28,33-37,39-42,44,77-79,84H,5-8,10-12,14-20,29-32,38,43,45-76H2,1-4H3,(H,89,90)(H,91,92)/b13-9-,25-21-,26-22-,27-23-,28-24-,37-33-,39-34-,40-35-,41-36-,44-42-/t77?,78-,79-/m1/s1. The van der Waals surface area contributed by atoms with Gasteiger partial charge in [-0.2, -0.15) is 0 Å². The van der Waals surface area contributed by atoms with Crippen molar-refractivity contribution in [3.05, 3.63) is 122 Å². The van der Waals surface area contributed by atoms with Crippen molar-refractivity contribution in [3.63, 3.8) is 0 Å². The molecule has 0 aromatic rings. The van der Waals surface area contributed by atoms with Crippen LogP contribution in [0.25, 0.3) is 0 Å². The Kier molecular flexibility index (Phi) is 71.4. The molecule has 3 unspecified atom stereocenters. The summed E-state index contributed by atoms with van der Waals surface area (Å²) in [6.45, 7) is 4.62. The van der Waals surface area contributed by atoms with Crippen molar-refractivity contribution >= 4 is 39.5 Å². The van der Waals surface area contributed by atoms with E-state index in [2.05, 4.69) is 149 Å². The first-order chi connectivity index (χ1) is 49.7. The van der Waals surface area contributed by atoms with E-state index in [1.165, 1.54) is 57.8 Å². The molecule has 0 amide bonds. The van der Waals surface area contributed by atoms with Gasteiger partial charge in [0.1, 0.15) is 19.3 Å². The Hall–Kier alpha value is -4.54. The average Bonchev–Trinajstić information content (AvgIpc) is 0.923. The first-order valence-electron chi connectivity index (χ1n) is 39.8. The van der Waals surface area contributed by atoms with Gasteiger partial charge in [0, 0.05) is 25.7 Å². The average molecular weight is 1470 g/mol. The summed E-state index contributed by atoms with van der Waals surface area (Å²) in [5.41, 5.74) is 0. The normalized spacial score (nSPS) is 14.5. The molecule has 0 aliphatic rings. The summed E-state index contributed by atoms with van der Waals surface area (Å²) in [6, 6.07) is 0. The summed E-state index contributed by atoms with van der Waals surface area (Å²) in [7, 11) is -9.98. The van der Waals surface area contributed by atoms with Crippen LogP contribution in [0.1, 0.15) is 323 Å². The number of hydrogen-bond donors (Lipinski definition) is 3. The van der Waals surface area contributed by atoms with E-state index in [0.29, 0.717) is 25.7 Å². The number of phosphoric ester groups is 2. The molecular weight excluding hydrogens is 1330 g/mol. The molecule has 0 saturated carbocycles. The molecule has 0 aliphatic carbocycles. The lowest BCUT2D eigenvalue weighted by Crippen LogP contribution is -2.30. The Morgan fingerprint density at radius 3 is 0.784 bits per heavy atom. The fourth-order valence-corrected chi connectivity index (χ4v) is 11.9. The zero-order valence-electron chi connectivity index (χ0n) is 64.0. The van der Waals surface area contributed by atoms with Gasteiger partial charge in [-0.3, -0.25) is 37.3 Å². The zero-order chi connectivity index (χ0) is 74.6. The Balaban J connectivity index is 5.42. The van der Waals surface area contributed by atoms with Crippen LogP contribution in [-0.2, 0) is 65.4 Å². The van der Waals surface area contributed by atoms with Crippen molar-refractivity contribution in [2.75, 3.05) is 39.6 Å². The van der Waals surface area contributed by atoms with Crippen LogP contribution in [0.15, 0.2) is 122 Å². The maximum absolute atomic E-state index is 13.1. The Morgan fingerprint density at radius 1 is 0.284 bits per heavy atom. The van der Waals surface area contributed by atoms with Crippen LogP contribution in [0.3, 0.4) is 0 Å². The van der Waals surface area contributed by atoms with Crippen LogP contribution in [0.2, 0.25) is 0 Å². The molecule has 0 aromatic heterocycles. The number of rotatable bonds is 74. The number of carbonyl (C=O) groups excluding carboxylic acids is 4. The molecule has 0 radical (unpaired) electrons. The lowest BCUT2D eigenvalue weighted by atomic mass is 10.1. The van der Waals surface area contributed by atoms with Crippen molar-refractivity contribution in [2.45, 2.75) is 341 Å². The highest BCUT2D eigenvalue weighted by Crippen LogP contribution is 2.45. The van der Waals surface area contributed by atoms with E-state index < -0.39 is 97.5 Å². The summed E-state index contributed by atoms with van der Waals surface area (Å²) < 4.78 is 68.6. The van der Waals surface area contributed by atoms with E-state index in [1.54, 1.807) is 0 Å². The van der Waals surface area contributed by atoms with E-state index in [-0.39, 0.29) is 25.7 Å². The Labute approximate surface area is 619 Å². The first-order valence-corrected chi connectivity index (χ1v) is 42.8. The quantitative estimate of drug-likeness (QED) is 0.0169. The third-order valence-corrected chi connectivity index (χ3v) is 18.3. The van der Waals surface area contributed by atoms with Gasteiger partial charge in [0.2, 0.25) is 0 Å². The molecule has 586 valence electrons. The molecule has 17 nitrogen and oxygen atoms in total. The Bertz CT molecular complexity index is 2410. The molecule has 0 fully saturated rings. The van der Waals surface area contributed by atoms with Gasteiger partial charge in [-0.05, 0) is 161 Å². The minimum atomic E-state index is -4.99. The zero-order valence-corrected chi connectivity index (χ0v) is 65.8. The molecule has 3 N–H and O–H groups in total. The maximum atomic E-state index is 13.1. The molecule has 0 aromatic carbocycles. The third kappa shape index (κ3) is 73.8. The number of phosphoric acid groups is 2. The monoisotopic (exact) mass is 1470 g/mol. The van der Waals surface area contributed by atoms with E-state index in [9.17, 15) is 43.2 Å². The fraction of sp³-hybridized carbons (Fsp3) is 0.711. The number of aliphatic hydroxyl groups is 1. The summed E-state index contributed by atoms with van der Waals surface area (Å²) in [4.78, 5) is 73.0. The molecular formula is C83H142O17P2. The molecule has 0 heterocycles. The highest BCUT2D eigenvalue weighted by atomic mass is 31.2. The first kappa shape index (κ1) is 97.5. The molecule has 102 heavy (non-hydrogen) atoms. The van der Waals surface area contributed by atoms with Crippen LogP contribution in [0.4, 0.5) is 0 Å². The lowest BCUT2D eigenvalue weighted by molar-refractivity contribution is -0.161. The van der Waals surface area contributed by atoms with Crippen molar-refractivity contribution in [3.8, 4) is 0 Å². The predicted molar refractivity (Wildman–Crippen MR) is 418 cm³/mol. The SMILES string of the molecule is CC/C=C\C/C=C\C/C=C\C/C=C\CCCCCCC(=O)OC[C@H](COP(=O)(O)OCC(O)COP(=O)(O)OC[C@@H](COC(=O)CCCCCCC/C=C\C/C=C\CCCCC)OC(=O)CCCCCCC/C=C\C/C=C\CCCCC)OC(=O)CCCCCCC/C=C\C/C=C\CCCCC. The number of allylic oxidation sites excluding steroid dienone is 20. The number of esters is 4. The molecule has 0 saturated heterocycles. The third-order valence-electron chi connectivity index (χ3n) is 16.4. The van der Waals surface area contributed by atoms with Crippen LogP contribution < -0.4 is 0 Å². The van der Waals surface area contributed by atoms with Gasteiger partial charge in [0.05, 0.1) is 26.4 Å². The van der Waals surface area contributed by atoms with Gasteiger partial charge >= 0.3 is 39.5 Å². The number of carbonyl (C=O) groups is 4. The highest BCUT2D eigenvalue weighted by molar-refractivity contribution is 7.47. The van der Waals surface area contributed by atoms with Crippen LogP contribution in [0, 0.1) is 0 Å². The minimum absolute atomic E-state index is 0.0706. The molecule has 0 aliphatic heterocycles. The van der Waals surface area contributed by atoms with Crippen LogP contribution >= 0.6 is 15.6 Å². The molecule has 5 atom stereocenters. The summed E-state index contributed by atoms with van der Waals surface area (Å²) in [6.07, 6.45) is 81.7. The molecule has 0 rings (SSSR count). The van der Waals surface area contributed by atoms with E-state index in [0.717, 1.165) is 186 Å². The lowest BCUT2D eigenvalue weighted by Gasteiger charge is -2.21. The van der Waals surface area contributed by atoms with Gasteiger partial charge in [-0.1, -0.05) is 258 Å². The van der Waals surface area contributed by atoms with E-state index in [4.69, 9.17) is 37.0 Å². The van der Waals surface area contributed by atoms with Crippen molar-refractivity contribution in [1.29, 1.82) is 0 Å². The molecule has 0 spiro atoms. The number of unbranched alkanes of at least 4 members (excludes halogenated alkanes) is 28. The topological polar surface area (TPSA) is 237 Å². The predicted octanol–water partition coefficient (Wildman–Crippen LogP) is 23.1. The maximum Gasteiger partial charge on any atom is 0.472 e. The van der Waals surface area contributed by atoms with Crippen LogP contribution in [-0.4, -0.2) is 96.7 Å². The summed E-state index contributed by atoms with van der Waals surface area (Å²) in [5.74, 6) is -2.24. The number of hydrogen-bond acceptors (Lipinski definition) is 15. The van der Waals surface area contributed by atoms with Gasteiger partial charge in [0.25, 0.3) is 0 Å². The summed E-state index contributed by atoms with van der Waals surface area (Å²) in [5, 5.41) is 10.6. The van der Waals surface area contributed by atoms with Gasteiger partial charge in [-0.15, -0.1) is 0 Å². The molecule has 19 heteroatoms. The largest absolute Gasteiger partial charge is 0.472 e. The molecule has 0 bridgehead atoms. The van der Waals surface area contributed by atoms with Gasteiger partial charge in [-0.25, -0.2) is 9.13 Å². The van der Waals surface area contributed by atoms with E-state index >= 15 is 0 Å². The second-order valence-corrected chi connectivity index (χ2v) is 29.2. The minimum Gasteiger partial charge on any atom is -0.462 e. The van der Waals surface area contributed by atoms with Crippen molar-refractivity contribution in [1.82, 2.24) is 0 Å². The van der Waals surface area contributed by atoms with Crippen molar-refractivity contribution in [2.24, 2.45) is 0 Å². The van der Waals surface area contributed by atoms with E-state index in [1.807, 2.05) is 0 Å². The van der Waals surface area contributed by atoms with Gasteiger partial charge < -0.3 is 33.8 Å². The number of aliphatic hydroxyl groups excluding tert-OH is 1. The fourth-order valence-electron chi connectivity index (χ4n) is 10.3. The summed E-state index contributed by atoms with van der Waals surface area (Å²) >= 11 is 0. The van der Waals surface area contributed by atoms with Crippen molar-refractivity contribution < 1.29 is 80.2 Å².